The summed E-state index contributed by atoms with van der Waals surface area (Å²) in [6, 6.07) is 10.6. The van der Waals surface area contributed by atoms with E-state index in [9.17, 15) is 5.11 Å². The van der Waals surface area contributed by atoms with Gasteiger partial charge in [-0.25, -0.2) is 4.98 Å². The summed E-state index contributed by atoms with van der Waals surface area (Å²) in [5.74, 6) is 0.615. The molecule has 0 aliphatic heterocycles. The molecule has 0 aliphatic rings. The number of hydrogen-bond acceptors (Lipinski definition) is 6. The molecule has 1 N–H and O–H groups in total. The number of hydrogen-bond donors (Lipinski definition) is 2. The Bertz CT molecular complexity index is 951. The molecule has 0 aromatic carbocycles. The van der Waals surface area contributed by atoms with E-state index in [0.717, 1.165) is 5.56 Å². The van der Waals surface area contributed by atoms with E-state index < -0.39 is 0 Å². The van der Waals surface area contributed by atoms with E-state index in [4.69, 9.17) is 4.42 Å². The van der Waals surface area contributed by atoms with Crippen LogP contribution in [0.25, 0.3) is 17.1 Å². The molecule has 0 fully saturated rings. The van der Waals surface area contributed by atoms with Crippen LogP contribution in [0.3, 0.4) is 0 Å². The van der Waals surface area contributed by atoms with E-state index in [-0.39, 0.29) is 11.1 Å². The summed E-state index contributed by atoms with van der Waals surface area (Å²) in [7, 11) is 0. The Morgan fingerprint density at radius 2 is 2.00 bits per heavy atom. The van der Waals surface area contributed by atoms with E-state index in [2.05, 4.69) is 27.7 Å². The van der Waals surface area contributed by atoms with Gasteiger partial charge in [0.05, 0.1) is 17.2 Å². The number of fused-ring (bicyclic) bond motifs is 1. The van der Waals surface area contributed by atoms with Gasteiger partial charge in [0.25, 0.3) is 0 Å². The first-order valence-electron chi connectivity index (χ1n) is 6.94. The van der Waals surface area contributed by atoms with E-state index >= 15 is 0 Å². The van der Waals surface area contributed by atoms with Crippen molar-refractivity contribution in [1.82, 2.24) is 19.6 Å². The molecule has 1 unspecified atom stereocenters. The van der Waals surface area contributed by atoms with Gasteiger partial charge in [-0.05, 0) is 29.8 Å². The average molecular weight is 324 g/mol. The van der Waals surface area contributed by atoms with Crippen LogP contribution in [0.4, 0.5) is 0 Å². The zero-order valence-corrected chi connectivity index (χ0v) is 12.8. The van der Waals surface area contributed by atoms with Crippen molar-refractivity contribution < 1.29 is 9.52 Å². The highest BCUT2D eigenvalue weighted by molar-refractivity contribution is 7.80. The second kappa shape index (κ2) is 5.44. The maximum Gasteiger partial charge on any atom is 0.215 e. The number of nitrogens with zero attached hydrogens (tertiary/aromatic N) is 4. The quantitative estimate of drug-likeness (QED) is 0.566. The van der Waals surface area contributed by atoms with Gasteiger partial charge in [0.2, 0.25) is 5.88 Å². The van der Waals surface area contributed by atoms with Gasteiger partial charge in [0.1, 0.15) is 5.69 Å². The molecule has 0 bridgehead atoms. The third-order valence-electron chi connectivity index (χ3n) is 3.50. The topological polar surface area (TPSA) is 76.5 Å². The van der Waals surface area contributed by atoms with Gasteiger partial charge < -0.3 is 9.52 Å². The van der Waals surface area contributed by atoms with Crippen LogP contribution in [0.5, 0.6) is 5.88 Å². The molecule has 7 heteroatoms. The largest absolute Gasteiger partial charge is 0.493 e. The monoisotopic (exact) mass is 324 g/mol. The molecule has 1 atom stereocenters. The molecule has 23 heavy (non-hydrogen) atoms. The lowest BCUT2D eigenvalue weighted by molar-refractivity contribution is 0.434. The molecule has 4 aromatic heterocycles. The number of pyridine rings is 1. The van der Waals surface area contributed by atoms with Gasteiger partial charge in [-0.15, -0.1) is 0 Å². The van der Waals surface area contributed by atoms with Gasteiger partial charge in [-0.3, -0.25) is 4.98 Å². The number of furan rings is 1. The second-order valence-electron chi connectivity index (χ2n) is 5.00. The molecule has 4 rings (SSSR count). The number of rotatable bonds is 3. The average Bonchev–Trinajstić information content (AvgIpc) is 3.24. The Morgan fingerprint density at radius 1 is 1.17 bits per heavy atom. The Hall–Kier alpha value is -2.80. The van der Waals surface area contributed by atoms with Gasteiger partial charge in [-0.1, -0.05) is 0 Å². The van der Waals surface area contributed by atoms with Crippen molar-refractivity contribution in [2.24, 2.45) is 0 Å². The van der Waals surface area contributed by atoms with Crippen LogP contribution in [0, 0.1) is 0 Å². The number of aromatic nitrogens is 4. The van der Waals surface area contributed by atoms with Crippen molar-refractivity contribution >= 4 is 18.3 Å². The molecular weight excluding hydrogens is 312 g/mol. The van der Waals surface area contributed by atoms with Crippen LogP contribution < -0.4 is 0 Å². The Morgan fingerprint density at radius 3 is 2.74 bits per heavy atom. The third-order valence-corrected chi connectivity index (χ3v) is 4.07. The summed E-state index contributed by atoms with van der Waals surface area (Å²) in [4.78, 5) is 8.54. The Labute approximate surface area is 136 Å². The molecule has 4 heterocycles. The summed E-state index contributed by atoms with van der Waals surface area (Å²) in [6.07, 6.45) is 4.97. The molecule has 0 saturated carbocycles. The van der Waals surface area contributed by atoms with Crippen molar-refractivity contribution in [2.45, 2.75) is 5.25 Å². The lowest BCUT2D eigenvalue weighted by Gasteiger charge is -2.11. The smallest absolute Gasteiger partial charge is 0.215 e. The first kappa shape index (κ1) is 13.8. The zero-order chi connectivity index (χ0) is 15.8. The van der Waals surface area contributed by atoms with Crippen molar-refractivity contribution in [3.8, 4) is 17.3 Å². The molecule has 0 radical (unpaired) electrons. The molecule has 0 saturated heterocycles. The molecule has 6 nitrogen and oxygen atoms in total. The summed E-state index contributed by atoms with van der Waals surface area (Å²) in [5, 5.41) is 14.3. The highest BCUT2D eigenvalue weighted by Gasteiger charge is 2.16. The molecule has 0 aliphatic carbocycles. The van der Waals surface area contributed by atoms with Crippen LogP contribution in [-0.4, -0.2) is 24.7 Å². The second-order valence-corrected chi connectivity index (χ2v) is 5.52. The fraction of sp³-hybridized carbons (Fsp3) is 0.0625. The number of thiol groups is 1. The molecule has 0 amide bonds. The predicted octanol–water partition coefficient (Wildman–Crippen LogP) is 3.11. The standard InChI is InChI=1S/C16H12N4O2S/c21-15-9-12(16(23)10-3-5-17-6-4-10)18-14-8-11(19-20(14)15)13-2-1-7-22-13/h1-9,16,21,23H. The normalized spacial score (nSPS) is 12.6. The summed E-state index contributed by atoms with van der Waals surface area (Å²) in [6.45, 7) is 0. The Kier molecular flexibility index (Phi) is 3.27. The van der Waals surface area contributed by atoms with Crippen molar-refractivity contribution in [3.05, 3.63) is 66.3 Å². The maximum atomic E-state index is 10.2. The van der Waals surface area contributed by atoms with Crippen molar-refractivity contribution in [3.63, 3.8) is 0 Å². The van der Waals surface area contributed by atoms with Gasteiger partial charge in [0.15, 0.2) is 11.4 Å². The first-order valence-corrected chi connectivity index (χ1v) is 7.45. The third kappa shape index (κ3) is 2.44. The lowest BCUT2D eigenvalue weighted by Crippen LogP contribution is -2.00. The first-order chi connectivity index (χ1) is 11.2. The summed E-state index contributed by atoms with van der Waals surface area (Å²) >= 11 is 4.60. The van der Waals surface area contributed by atoms with Crippen LogP contribution in [0.15, 0.2) is 59.5 Å². The van der Waals surface area contributed by atoms with E-state index in [1.807, 2.05) is 12.1 Å². The summed E-state index contributed by atoms with van der Waals surface area (Å²) < 4.78 is 6.70. The van der Waals surface area contributed by atoms with Crippen LogP contribution in [0.1, 0.15) is 16.5 Å². The van der Waals surface area contributed by atoms with Crippen LogP contribution >= 0.6 is 12.6 Å². The number of aromatic hydroxyl groups is 1. The van der Waals surface area contributed by atoms with Crippen LogP contribution in [0.2, 0.25) is 0 Å². The highest BCUT2D eigenvalue weighted by atomic mass is 32.1. The molecule has 4 aromatic rings. The zero-order valence-electron chi connectivity index (χ0n) is 11.9. The van der Waals surface area contributed by atoms with E-state index in [1.54, 1.807) is 42.9 Å². The molecule has 0 spiro atoms. The van der Waals surface area contributed by atoms with Crippen LogP contribution in [-0.2, 0) is 0 Å². The molecular formula is C16H12N4O2S. The van der Waals surface area contributed by atoms with Crippen molar-refractivity contribution in [1.29, 1.82) is 0 Å². The van der Waals surface area contributed by atoms with Gasteiger partial charge in [0, 0.05) is 24.5 Å². The predicted molar refractivity (Wildman–Crippen MR) is 87.4 cm³/mol. The fourth-order valence-corrected chi connectivity index (χ4v) is 2.68. The minimum absolute atomic E-state index is 0.00378. The van der Waals surface area contributed by atoms with Gasteiger partial charge >= 0.3 is 0 Å². The van der Waals surface area contributed by atoms with Gasteiger partial charge in [-0.2, -0.15) is 22.2 Å². The minimum Gasteiger partial charge on any atom is -0.493 e. The highest BCUT2D eigenvalue weighted by Crippen LogP contribution is 2.30. The SMILES string of the molecule is Oc1cc(C(S)c2ccncc2)nc2cc(-c3ccco3)nn12. The summed E-state index contributed by atoms with van der Waals surface area (Å²) in [5.41, 5.74) is 2.72. The Balaban J connectivity index is 1.81. The minimum atomic E-state index is -0.268. The van der Waals surface area contributed by atoms with E-state index in [1.165, 1.54) is 4.52 Å². The van der Waals surface area contributed by atoms with Crippen molar-refractivity contribution in [2.75, 3.05) is 0 Å². The van der Waals surface area contributed by atoms with E-state index in [0.29, 0.717) is 22.8 Å². The lowest BCUT2D eigenvalue weighted by atomic mass is 10.1. The molecule has 114 valence electrons. The maximum absolute atomic E-state index is 10.2. The fourth-order valence-electron chi connectivity index (χ4n) is 2.38.